The van der Waals surface area contributed by atoms with E-state index in [0.717, 1.165) is 0 Å². The predicted octanol–water partition coefficient (Wildman–Crippen LogP) is 3.06. The Balaban J connectivity index is 2.33. The first-order valence-electron chi connectivity index (χ1n) is 6.33. The van der Waals surface area contributed by atoms with Crippen molar-refractivity contribution in [2.24, 2.45) is 0 Å². The smallest absolute Gasteiger partial charge is 0.273 e. The third kappa shape index (κ3) is 3.65. The molecular formula is C14H16N4O3. The molecule has 0 aliphatic carbocycles. The maximum Gasteiger partial charge on any atom is 0.273 e. The van der Waals surface area contributed by atoms with Gasteiger partial charge in [0.05, 0.1) is 11.0 Å². The Labute approximate surface area is 121 Å². The Hall–Kier alpha value is -2.70. The second-order valence-corrected chi connectivity index (χ2v) is 5.56. The monoisotopic (exact) mass is 288 g/mol. The minimum Gasteiger partial charge on any atom is -0.439 e. The number of non-ortho nitro benzene ring substituents is 1. The van der Waals surface area contributed by atoms with E-state index in [4.69, 9.17) is 10.5 Å². The van der Waals surface area contributed by atoms with Crippen molar-refractivity contribution >= 4 is 11.5 Å². The van der Waals surface area contributed by atoms with E-state index < -0.39 is 4.92 Å². The van der Waals surface area contributed by atoms with Gasteiger partial charge in [-0.2, -0.15) is 4.98 Å². The summed E-state index contributed by atoms with van der Waals surface area (Å²) in [7, 11) is 0. The number of ether oxygens (including phenoxy) is 1. The van der Waals surface area contributed by atoms with Crippen LogP contribution in [-0.4, -0.2) is 14.9 Å². The van der Waals surface area contributed by atoms with Crippen LogP contribution in [0.4, 0.5) is 11.5 Å². The molecule has 0 spiro atoms. The molecule has 110 valence electrons. The van der Waals surface area contributed by atoms with Crippen LogP contribution in [0.3, 0.4) is 0 Å². The summed E-state index contributed by atoms with van der Waals surface area (Å²) in [6.07, 6.45) is 0. The minimum atomic E-state index is -0.484. The van der Waals surface area contributed by atoms with E-state index in [0.29, 0.717) is 11.6 Å². The molecule has 0 aliphatic rings. The molecular weight excluding hydrogens is 272 g/mol. The van der Waals surface area contributed by atoms with Crippen molar-refractivity contribution in [1.29, 1.82) is 0 Å². The summed E-state index contributed by atoms with van der Waals surface area (Å²) in [6, 6.07) is 7.36. The van der Waals surface area contributed by atoms with Crippen LogP contribution < -0.4 is 10.5 Å². The average molecular weight is 288 g/mol. The van der Waals surface area contributed by atoms with Gasteiger partial charge in [0.25, 0.3) is 5.69 Å². The lowest BCUT2D eigenvalue weighted by atomic mass is 9.96. The van der Waals surface area contributed by atoms with Crippen molar-refractivity contribution < 1.29 is 9.66 Å². The molecule has 0 radical (unpaired) electrons. The van der Waals surface area contributed by atoms with Gasteiger partial charge in [-0.25, -0.2) is 4.98 Å². The molecule has 1 aromatic heterocycles. The van der Waals surface area contributed by atoms with Crippen LogP contribution in [0, 0.1) is 10.1 Å². The Bertz CT molecular complexity index is 680. The maximum atomic E-state index is 10.7. The number of hydrogen-bond acceptors (Lipinski definition) is 6. The zero-order valence-electron chi connectivity index (χ0n) is 12.0. The summed E-state index contributed by atoms with van der Waals surface area (Å²) in [5, 5.41) is 10.7. The maximum absolute atomic E-state index is 10.7. The van der Waals surface area contributed by atoms with Gasteiger partial charge in [-0.3, -0.25) is 10.1 Å². The quantitative estimate of drug-likeness (QED) is 0.687. The van der Waals surface area contributed by atoms with Gasteiger partial charge >= 0.3 is 0 Å². The molecule has 0 atom stereocenters. The van der Waals surface area contributed by atoms with Crippen LogP contribution in [0.1, 0.15) is 26.6 Å². The molecule has 0 saturated heterocycles. The molecule has 0 bridgehead atoms. The number of nitro benzene ring substituents is 1. The van der Waals surface area contributed by atoms with Crippen LogP contribution >= 0.6 is 0 Å². The molecule has 7 heteroatoms. The highest BCUT2D eigenvalue weighted by molar-refractivity contribution is 5.41. The molecule has 2 rings (SSSR count). The van der Waals surface area contributed by atoms with E-state index in [1.54, 1.807) is 12.1 Å². The first-order chi connectivity index (χ1) is 9.75. The Morgan fingerprint density at radius 1 is 1.24 bits per heavy atom. The van der Waals surface area contributed by atoms with Crippen LogP contribution in [0.2, 0.25) is 0 Å². The first kappa shape index (κ1) is 14.7. The molecule has 1 heterocycles. The number of nitro groups is 1. The van der Waals surface area contributed by atoms with Crippen LogP contribution in [-0.2, 0) is 5.41 Å². The minimum absolute atomic E-state index is 0.0504. The Morgan fingerprint density at radius 3 is 2.57 bits per heavy atom. The third-order valence-corrected chi connectivity index (χ3v) is 2.64. The van der Waals surface area contributed by atoms with Gasteiger partial charge in [-0.1, -0.05) is 26.8 Å². The summed E-state index contributed by atoms with van der Waals surface area (Å²) in [5.74, 6) is 1.41. The molecule has 7 nitrogen and oxygen atoms in total. The fourth-order valence-electron chi connectivity index (χ4n) is 1.61. The standard InChI is InChI=1S/C14H16N4O3/c1-14(2,3)13-16-11(15)8-12(17-13)21-10-6-4-5-9(7-10)18(19)20/h4-8H,1-3H3,(H2,15,16,17). The summed E-state index contributed by atoms with van der Waals surface area (Å²) in [6.45, 7) is 5.87. The second kappa shape index (κ2) is 5.35. The van der Waals surface area contributed by atoms with E-state index in [2.05, 4.69) is 9.97 Å². The molecule has 0 unspecified atom stereocenters. The number of benzene rings is 1. The van der Waals surface area contributed by atoms with Gasteiger partial charge in [0.2, 0.25) is 5.88 Å². The lowest BCUT2D eigenvalue weighted by Gasteiger charge is -2.17. The molecule has 0 aliphatic heterocycles. The lowest BCUT2D eigenvalue weighted by molar-refractivity contribution is -0.384. The SMILES string of the molecule is CC(C)(C)c1nc(N)cc(Oc2cccc([N+](=O)[O-])c2)n1. The fourth-order valence-corrected chi connectivity index (χ4v) is 1.61. The van der Waals surface area contributed by atoms with Gasteiger partial charge in [0.15, 0.2) is 0 Å². The lowest BCUT2D eigenvalue weighted by Crippen LogP contribution is -2.17. The van der Waals surface area contributed by atoms with Gasteiger partial charge in [0, 0.05) is 17.5 Å². The highest BCUT2D eigenvalue weighted by atomic mass is 16.6. The zero-order chi connectivity index (χ0) is 15.6. The molecule has 1 aromatic carbocycles. The van der Waals surface area contributed by atoms with Crippen molar-refractivity contribution in [2.45, 2.75) is 26.2 Å². The average Bonchev–Trinajstić information content (AvgIpc) is 2.37. The van der Waals surface area contributed by atoms with Crippen molar-refractivity contribution in [3.8, 4) is 11.6 Å². The van der Waals surface area contributed by atoms with Gasteiger partial charge in [-0.15, -0.1) is 0 Å². The van der Waals surface area contributed by atoms with Crippen molar-refractivity contribution in [3.63, 3.8) is 0 Å². The van der Waals surface area contributed by atoms with Crippen LogP contribution in [0.25, 0.3) is 0 Å². The summed E-state index contributed by atoms with van der Waals surface area (Å²) in [4.78, 5) is 18.7. The number of nitrogens with two attached hydrogens (primary N) is 1. The van der Waals surface area contributed by atoms with E-state index in [1.165, 1.54) is 18.2 Å². The number of anilines is 1. The van der Waals surface area contributed by atoms with Crippen molar-refractivity contribution in [2.75, 3.05) is 5.73 Å². The van der Waals surface area contributed by atoms with E-state index >= 15 is 0 Å². The van der Waals surface area contributed by atoms with E-state index in [1.807, 2.05) is 20.8 Å². The number of aromatic nitrogens is 2. The van der Waals surface area contributed by atoms with Gasteiger partial charge < -0.3 is 10.5 Å². The Kier molecular flexibility index (Phi) is 3.75. The van der Waals surface area contributed by atoms with Crippen molar-refractivity contribution in [3.05, 3.63) is 46.3 Å². The molecule has 0 fully saturated rings. The molecule has 21 heavy (non-hydrogen) atoms. The first-order valence-corrected chi connectivity index (χ1v) is 6.33. The summed E-state index contributed by atoms with van der Waals surface area (Å²) in [5.41, 5.74) is 5.42. The highest BCUT2D eigenvalue weighted by Crippen LogP contribution is 2.27. The Morgan fingerprint density at radius 2 is 1.95 bits per heavy atom. The normalized spacial score (nSPS) is 11.2. The fraction of sp³-hybridized carbons (Fsp3) is 0.286. The van der Waals surface area contributed by atoms with Crippen LogP contribution in [0.15, 0.2) is 30.3 Å². The largest absolute Gasteiger partial charge is 0.439 e. The third-order valence-electron chi connectivity index (χ3n) is 2.64. The second-order valence-electron chi connectivity index (χ2n) is 5.56. The number of nitrogens with zero attached hydrogens (tertiary/aromatic N) is 3. The molecule has 0 saturated carbocycles. The molecule has 2 N–H and O–H groups in total. The topological polar surface area (TPSA) is 104 Å². The predicted molar refractivity (Wildman–Crippen MR) is 78.3 cm³/mol. The highest BCUT2D eigenvalue weighted by Gasteiger charge is 2.19. The van der Waals surface area contributed by atoms with Gasteiger partial charge in [0.1, 0.15) is 17.4 Å². The number of rotatable bonds is 3. The van der Waals surface area contributed by atoms with E-state index in [-0.39, 0.29) is 22.8 Å². The molecule has 2 aromatic rings. The van der Waals surface area contributed by atoms with E-state index in [9.17, 15) is 10.1 Å². The summed E-state index contributed by atoms with van der Waals surface area (Å²) >= 11 is 0. The number of nitrogen functional groups attached to an aromatic ring is 1. The zero-order valence-corrected chi connectivity index (χ0v) is 12.0. The number of hydrogen-bond donors (Lipinski definition) is 1. The van der Waals surface area contributed by atoms with Gasteiger partial charge in [-0.05, 0) is 6.07 Å². The molecule has 0 amide bonds. The summed E-state index contributed by atoms with van der Waals surface area (Å²) < 4.78 is 5.55. The van der Waals surface area contributed by atoms with Crippen molar-refractivity contribution in [1.82, 2.24) is 9.97 Å². The van der Waals surface area contributed by atoms with Crippen LogP contribution in [0.5, 0.6) is 11.6 Å².